The molecular formula is C10H22OSi. The van der Waals surface area contributed by atoms with Crippen LogP contribution in [0.4, 0.5) is 0 Å². The summed E-state index contributed by atoms with van der Waals surface area (Å²) in [5, 5.41) is 9.75. The summed E-state index contributed by atoms with van der Waals surface area (Å²) in [6, 6.07) is 1.31. The first-order valence-corrected chi connectivity index (χ1v) is 8.88. The lowest BCUT2D eigenvalue weighted by molar-refractivity contribution is 0.0786. The SMILES string of the molecule is C[Si](C)(C)C[C@@H]1CCCC[C@H]1O. The maximum absolute atomic E-state index is 9.75. The summed E-state index contributed by atoms with van der Waals surface area (Å²) in [4.78, 5) is 0. The summed E-state index contributed by atoms with van der Waals surface area (Å²) in [5.74, 6) is 0.630. The van der Waals surface area contributed by atoms with Crippen molar-refractivity contribution in [2.45, 2.75) is 57.5 Å². The quantitative estimate of drug-likeness (QED) is 0.658. The fraction of sp³-hybridized carbons (Fsp3) is 1.00. The van der Waals surface area contributed by atoms with Crippen LogP contribution < -0.4 is 0 Å². The molecule has 0 radical (unpaired) electrons. The molecule has 0 aromatic heterocycles. The van der Waals surface area contributed by atoms with Gasteiger partial charge in [-0.25, -0.2) is 0 Å². The Kier molecular flexibility index (Phi) is 3.35. The molecule has 0 spiro atoms. The van der Waals surface area contributed by atoms with E-state index < -0.39 is 8.07 Å². The van der Waals surface area contributed by atoms with Gasteiger partial charge in [-0.3, -0.25) is 0 Å². The van der Waals surface area contributed by atoms with Crippen molar-refractivity contribution in [1.82, 2.24) is 0 Å². The Labute approximate surface area is 77.2 Å². The van der Waals surface area contributed by atoms with E-state index in [0.717, 1.165) is 6.42 Å². The predicted octanol–water partition coefficient (Wildman–Crippen LogP) is 2.88. The molecule has 2 atom stereocenters. The molecule has 1 rings (SSSR count). The molecule has 0 aromatic carbocycles. The van der Waals surface area contributed by atoms with Crippen molar-refractivity contribution in [1.29, 1.82) is 0 Å². The molecule has 2 heteroatoms. The summed E-state index contributed by atoms with van der Waals surface area (Å²) >= 11 is 0. The first-order chi connectivity index (χ1) is 5.49. The number of rotatable bonds is 2. The van der Waals surface area contributed by atoms with E-state index in [2.05, 4.69) is 19.6 Å². The van der Waals surface area contributed by atoms with E-state index in [1.54, 1.807) is 0 Å². The van der Waals surface area contributed by atoms with Crippen molar-refractivity contribution in [2.24, 2.45) is 5.92 Å². The monoisotopic (exact) mass is 186 g/mol. The number of hydrogen-bond donors (Lipinski definition) is 1. The summed E-state index contributed by atoms with van der Waals surface area (Å²) < 4.78 is 0. The molecule has 72 valence electrons. The zero-order valence-electron chi connectivity index (χ0n) is 8.64. The molecule has 12 heavy (non-hydrogen) atoms. The highest BCUT2D eigenvalue weighted by atomic mass is 28.3. The van der Waals surface area contributed by atoms with E-state index >= 15 is 0 Å². The highest BCUT2D eigenvalue weighted by Gasteiger charge is 2.27. The fourth-order valence-corrected chi connectivity index (χ4v) is 4.26. The minimum Gasteiger partial charge on any atom is -0.393 e. The molecule has 1 aliphatic rings. The van der Waals surface area contributed by atoms with Crippen LogP contribution in [0.15, 0.2) is 0 Å². The van der Waals surface area contributed by atoms with Crippen LogP contribution in [0, 0.1) is 5.92 Å². The van der Waals surface area contributed by atoms with Gasteiger partial charge in [0.2, 0.25) is 0 Å². The van der Waals surface area contributed by atoms with E-state index in [0.29, 0.717) is 5.92 Å². The Morgan fingerprint density at radius 1 is 1.17 bits per heavy atom. The molecule has 0 aromatic rings. The average molecular weight is 186 g/mol. The highest BCUT2D eigenvalue weighted by Crippen LogP contribution is 2.31. The molecule has 1 fully saturated rings. The summed E-state index contributed by atoms with van der Waals surface area (Å²) in [5.41, 5.74) is 0. The van der Waals surface area contributed by atoms with Gasteiger partial charge < -0.3 is 5.11 Å². The molecule has 1 N–H and O–H groups in total. The normalized spacial score (nSPS) is 32.0. The van der Waals surface area contributed by atoms with Crippen LogP contribution >= 0.6 is 0 Å². The third kappa shape index (κ3) is 3.28. The van der Waals surface area contributed by atoms with Crippen LogP contribution in [0.5, 0.6) is 0 Å². The third-order valence-electron chi connectivity index (χ3n) is 2.74. The van der Waals surface area contributed by atoms with Gasteiger partial charge in [-0.05, 0) is 18.8 Å². The van der Waals surface area contributed by atoms with Gasteiger partial charge in [0, 0.05) is 8.07 Å². The Morgan fingerprint density at radius 3 is 2.25 bits per heavy atom. The van der Waals surface area contributed by atoms with Gasteiger partial charge in [-0.15, -0.1) is 0 Å². The van der Waals surface area contributed by atoms with E-state index in [4.69, 9.17) is 0 Å². The van der Waals surface area contributed by atoms with Crippen molar-refractivity contribution < 1.29 is 5.11 Å². The standard InChI is InChI=1S/C10H22OSi/c1-12(2,3)8-9-6-4-5-7-10(9)11/h9-11H,4-8H2,1-3H3/t9-,10+/m0/s1. The van der Waals surface area contributed by atoms with Gasteiger partial charge in [-0.1, -0.05) is 38.5 Å². The molecule has 0 unspecified atom stereocenters. The van der Waals surface area contributed by atoms with Crippen LogP contribution in [0.25, 0.3) is 0 Å². The van der Waals surface area contributed by atoms with Crippen molar-refractivity contribution in [3.63, 3.8) is 0 Å². The third-order valence-corrected chi connectivity index (χ3v) is 4.49. The van der Waals surface area contributed by atoms with Gasteiger partial charge in [0.1, 0.15) is 0 Å². The molecule has 0 aliphatic heterocycles. The van der Waals surface area contributed by atoms with Crippen LogP contribution in [0.3, 0.4) is 0 Å². The van der Waals surface area contributed by atoms with Crippen molar-refractivity contribution in [3.05, 3.63) is 0 Å². The molecule has 1 nitrogen and oxygen atoms in total. The Morgan fingerprint density at radius 2 is 1.75 bits per heavy atom. The molecule has 1 saturated carbocycles. The van der Waals surface area contributed by atoms with Gasteiger partial charge in [0.15, 0.2) is 0 Å². The first-order valence-electron chi connectivity index (χ1n) is 5.17. The Bertz CT molecular complexity index is 139. The van der Waals surface area contributed by atoms with E-state index in [9.17, 15) is 5.11 Å². The topological polar surface area (TPSA) is 20.2 Å². The largest absolute Gasteiger partial charge is 0.393 e. The summed E-state index contributed by atoms with van der Waals surface area (Å²) in [6.07, 6.45) is 4.92. The molecule has 0 amide bonds. The first kappa shape index (κ1) is 10.3. The zero-order valence-corrected chi connectivity index (χ0v) is 9.64. The highest BCUT2D eigenvalue weighted by molar-refractivity contribution is 6.76. The predicted molar refractivity (Wildman–Crippen MR) is 56.1 cm³/mol. The van der Waals surface area contributed by atoms with Gasteiger partial charge in [0.25, 0.3) is 0 Å². The second-order valence-corrected chi connectivity index (χ2v) is 10.9. The van der Waals surface area contributed by atoms with E-state index in [-0.39, 0.29) is 6.10 Å². The second kappa shape index (κ2) is 3.92. The minimum atomic E-state index is -0.946. The molecule has 1 aliphatic carbocycles. The smallest absolute Gasteiger partial charge is 0.0565 e. The maximum Gasteiger partial charge on any atom is 0.0565 e. The maximum atomic E-state index is 9.75. The lowest BCUT2D eigenvalue weighted by Crippen LogP contribution is -2.32. The van der Waals surface area contributed by atoms with Crippen LogP contribution in [0.1, 0.15) is 25.7 Å². The van der Waals surface area contributed by atoms with E-state index in [1.165, 1.54) is 25.3 Å². The van der Waals surface area contributed by atoms with Gasteiger partial charge in [0.05, 0.1) is 6.10 Å². The summed E-state index contributed by atoms with van der Waals surface area (Å²) in [6.45, 7) is 7.19. The number of hydrogen-bond acceptors (Lipinski definition) is 1. The molecule has 0 bridgehead atoms. The lowest BCUT2D eigenvalue weighted by Gasteiger charge is -2.31. The van der Waals surface area contributed by atoms with Crippen molar-refractivity contribution in [3.8, 4) is 0 Å². The van der Waals surface area contributed by atoms with Crippen LogP contribution in [-0.2, 0) is 0 Å². The zero-order chi connectivity index (χ0) is 9.19. The molecule has 0 saturated heterocycles. The number of aliphatic hydroxyl groups is 1. The lowest BCUT2D eigenvalue weighted by atomic mass is 9.88. The van der Waals surface area contributed by atoms with Gasteiger partial charge >= 0.3 is 0 Å². The minimum absolute atomic E-state index is 0.0190. The van der Waals surface area contributed by atoms with Crippen molar-refractivity contribution in [2.75, 3.05) is 0 Å². The number of aliphatic hydroxyl groups excluding tert-OH is 1. The van der Waals surface area contributed by atoms with Gasteiger partial charge in [-0.2, -0.15) is 0 Å². The van der Waals surface area contributed by atoms with E-state index in [1.807, 2.05) is 0 Å². The summed E-state index contributed by atoms with van der Waals surface area (Å²) in [7, 11) is -0.946. The van der Waals surface area contributed by atoms with Crippen LogP contribution in [-0.4, -0.2) is 19.3 Å². The van der Waals surface area contributed by atoms with Crippen LogP contribution in [0.2, 0.25) is 25.7 Å². The Balaban J connectivity index is 2.39. The molecule has 0 heterocycles. The Hall–Kier alpha value is 0.177. The average Bonchev–Trinajstić information content (AvgIpc) is 1.91. The second-order valence-electron chi connectivity index (χ2n) is 5.38. The molecular weight excluding hydrogens is 164 g/mol. The fourth-order valence-electron chi connectivity index (χ4n) is 2.21. The van der Waals surface area contributed by atoms with Crippen molar-refractivity contribution >= 4 is 8.07 Å².